The molecule has 0 aromatic heterocycles. The molecular weight excluding hydrogens is 212 g/mol. The molecule has 0 saturated carbocycles. The summed E-state index contributed by atoms with van der Waals surface area (Å²) in [5.74, 6) is -4.25. The monoisotopic (exact) mass is 224 g/mol. The predicted octanol–water partition coefficient (Wildman–Crippen LogP) is 1.09. The molecule has 1 rings (SSSR count). The van der Waals surface area contributed by atoms with Crippen molar-refractivity contribution < 1.29 is 24.5 Å². The van der Waals surface area contributed by atoms with Crippen LogP contribution < -0.4 is 0 Å². The first-order valence-corrected chi connectivity index (χ1v) is 4.59. The van der Waals surface area contributed by atoms with E-state index in [0.29, 0.717) is 6.61 Å². The topological polar surface area (TPSA) is 83.8 Å². The van der Waals surface area contributed by atoms with Gasteiger partial charge in [0.1, 0.15) is 0 Å². The van der Waals surface area contributed by atoms with Crippen LogP contribution in [0.5, 0.6) is 0 Å². The number of hydrogen-bond donors (Lipinski definition) is 2. The predicted molar refractivity (Wildman–Crippen MR) is 55.2 cm³/mol. The highest BCUT2D eigenvalue weighted by atomic mass is 16.5. The molecule has 0 fully saturated rings. The summed E-state index contributed by atoms with van der Waals surface area (Å²) in [6, 6.07) is 6.28. The zero-order valence-electron chi connectivity index (χ0n) is 8.71. The molecule has 0 heterocycles. The van der Waals surface area contributed by atoms with E-state index in [2.05, 4.69) is 0 Å². The minimum Gasteiger partial charge on any atom is -0.480 e. The fourth-order valence-corrected chi connectivity index (χ4v) is 1.36. The minimum absolute atomic E-state index is 0.250. The molecule has 0 aliphatic carbocycles. The van der Waals surface area contributed by atoms with E-state index in [-0.39, 0.29) is 5.56 Å². The molecule has 0 spiro atoms. The van der Waals surface area contributed by atoms with Gasteiger partial charge in [-0.25, -0.2) is 0 Å². The van der Waals surface area contributed by atoms with E-state index in [1.54, 1.807) is 19.2 Å². The molecule has 2 N–H and O–H groups in total. The number of carboxylic acids is 2. The number of methoxy groups -OCH3 is 1. The van der Waals surface area contributed by atoms with Crippen LogP contribution in [0, 0.1) is 0 Å². The third-order valence-corrected chi connectivity index (χ3v) is 2.12. The lowest BCUT2D eigenvalue weighted by Crippen LogP contribution is -2.20. The number of rotatable bonds is 5. The molecule has 0 amide bonds. The van der Waals surface area contributed by atoms with Crippen LogP contribution in [0.1, 0.15) is 17.0 Å². The third-order valence-electron chi connectivity index (χ3n) is 2.12. The molecule has 0 atom stereocenters. The Kier molecular flexibility index (Phi) is 4.02. The van der Waals surface area contributed by atoms with E-state index in [4.69, 9.17) is 14.9 Å². The van der Waals surface area contributed by atoms with Crippen molar-refractivity contribution in [3.63, 3.8) is 0 Å². The molecule has 5 nitrogen and oxygen atoms in total. The average Bonchev–Trinajstić information content (AvgIpc) is 2.20. The highest BCUT2D eigenvalue weighted by Crippen LogP contribution is 2.17. The van der Waals surface area contributed by atoms with E-state index >= 15 is 0 Å². The largest absolute Gasteiger partial charge is 0.480 e. The van der Waals surface area contributed by atoms with Gasteiger partial charge in [-0.05, 0) is 11.1 Å². The summed E-state index contributed by atoms with van der Waals surface area (Å²) in [5.41, 5.74) is 1.11. The first-order valence-electron chi connectivity index (χ1n) is 4.59. The summed E-state index contributed by atoms with van der Waals surface area (Å²) in [5, 5.41) is 17.5. The Morgan fingerprint density at radius 1 is 1.19 bits per heavy atom. The summed E-state index contributed by atoms with van der Waals surface area (Å²) >= 11 is 0. The molecule has 0 aliphatic rings. The van der Waals surface area contributed by atoms with Gasteiger partial charge in [0, 0.05) is 7.11 Å². The van der Waals surface area contributed by atoms with Crippen molar-refractivity contribution in [3.8, 4) is 0 Å². The fraction of sp³-hybridized carbons (Fsp3) is 0.273. The van der Waals surface area contributed by atoms with Crippen molar-refractivity contribution >= 4 is 11.9 Å². The maximum atomic E-state index is 10.7. The highest BCUT2D eigenvalue weighted by molar-refractivity contribution is 5.98. The number of hydrogen-bond acceptors (Lipinski definition) is 3. The van der Waals surface area contributed by atoms with Crippen molar-refractivity contribution in [2.45, 2.75) is 12.5 Å². The van der Waals surface area contributed by atoms with Gasteiger partial charge < -0.3 is 14.9 Å². The molecule has 86 valence electrons. The van der Waals surface area contributed by atoms with Crippen molar-refractivity contribution in [2.75, 3.05) is 7.11 Å². The molecule has 0 unspecified atom stereocenters. The summed E-state index contributed by atoms with van der Waals surface area (Å²) in [6.45, 7) is 0.408. The average molecular weight is 224 g/mol. The van der Waals surface area contributed by atoms with Gasteiger partial charge in [0.25, 0.3) is 0 Å². The molecule has 0 saturated heterocycles. The third kappa shape index (κ3) is 2.80. The standard InChI is InChI=1S/C11H12O5/c1-16-6-7-2-4-8(5-3-7)9(10(12)13)11(14)15/h2-5,9H,6H2,1H3,(H,12,13)(H,14,15). The lowest BCUT2D eigenvalue weighted by Gasteiger charge is -2.08. The van der Waals surface area contributed by atoms with Crippen molar-refractivity contribution in [1.82, 2.24) is 0 Å². The molecule has 0 aliphatic heterocycles. The Hall–Kier alpha value is -1.88. The number of aliphatic carboxylic acids is 2. The van der Waals surface area contributed by atoms with Crippen LogP contribution in [0.15, 0.2) is 24.3 Å². The zero-order chi connectivity index (χ0) is 12.1. The molecule has 1 aromatic rings. The molecule has 0 bridgehead atoms. The van der Waals surface area contributed by atoms with Gasteiger partial charge >= 0.3 is 11.9 Å². The first-order chi connectivity index (χ1) is 7.56. The summed E-state index contributed by atoms with van der Waals surface area (Å²) in [4.78, 5) is 21.5. The van der Waals surface area contributed by atoms with E-state index in [0.717, 1.165) is 5.56 Å². The van der Waals surface area contributed by atoms with Crippen molar-refractivity contribution in [1.29, 1.82) is 0 Å². The van der Waals surface area contributed by atoms with Gasteiger partial charge in [-0.1, -0.05) is 24.3 Å². The Morgan fingerprint density at radius 2 is 1.69 bits per heavy atom. The Labute approximate surface area is 92.3 Å². The molecule has 5 heteroatoms. The Morgan fingerprint density at radius 3 is 2.06 bits per heavy atom. The van der Waals surface area contributed by atoms with Gasteiger partial charge in [0.2, 0.25) is 0 Å². The van der Waals surface area contributed by atoms with Crippen molar-refractivity contribution in [3.05, 3.63) is 35.4 Å². The van der Waals surface area contributed by atoms with Gasteiger partial charge in [0.05, 0.1) is 6.61 Å². The van der Waals surface area contributed by atoms with Crippen LogP contribution in [0.2, 0.25) is 0 Å². The Balaban J connectivity index is 2.94. The van der Waals surface area contributed by atoms with E-state index in [1.807, 2.05) is 0 Å². The molecule has 1 aromatic carbocycles. The van der Waals surface area contributed by atoms with Gasteiger partial charge in [0.15, 0.2) is 5.92 Å². The molecule has 16 heavy (non-hydrogen) atoms. The summed E-state index contributed by atoms with van der Waals surface area (Å²) in [6.07, 6.45) is 0. The lowest BCUT2D eigenvalue weighted by molar-refractivity contribution is -0.150. The van der Waals surface area contributed by atoms with E-state index < -0.39 is 17.9 Å². The molecule has 0 radical (unpaired) electrons. The normalized spacial score (nSPS) is 10.4. The number of carbonyl (C=O) groups is 2. The van der Waals surface area contributed by atoms with Crippen LogP contribution in [-0.2, 0) is 20.9 Å². The number of ether oxygens (including phenoxy) is 1. The van der Waals surface area contributed by atoms with Crippen LogP contribution in [-0.4, -0.2) is 29.3 Å². The smallest absolute Gasteiger partial charge is 0.322 e. The number of carboxylic acid groups (broad SMARTS) is 2. The second kappa shape index (κ2) is 5.27. The second-order valence-electron chi connectivity index (χ2n) is 3.28. The summed E-state index contributed by atoms with van der Waals surface area (Å²) in [7, 11) is 1.55. The van der Waals surface area contributed by atoms with Crippen LogP contribution >= 0.6 is 0 Å². The SMILES string of the molecule is COCc1ccc(C(C(=O)O)C(=O)O)cc1. The van der Waals surface area contributed by atoms with Crippen LogP contribution in [0.3, 0.4) is 0 Å². The summed E-state index contributed by atoms with van der Waals surface area (Å²) < 4.78 is 4.89. The van der Waals surface area contributed by atoms with Crippen LogP contribution in [0.25, 0.3) is 0 Å². The van der Waals surface area contributed by atoms with E-state index in [1.165, 1.54) is 12.1 Å². The second-order valence-corrected chi connectivity index (χ2v) is 3.28. The maximum Gasteiger partial charge on any atom is 0.322 e. The number of benzene rings is 1. The highest BCUT2D eigenvalue weighted by Gasteiger charge is 2.27. The van der Waals surface area contributed by atoms with Crippen LogP contribution in [0.4, 0.5) is 0 Å². The lowest BCUT2D eigenvalue weighted by atomic mass is 9.98. The van der Waals surface area contributed by atoms with Gasteiger partial charge in [-0.15, -0.1) is 0 Å². The minimum atomic E-state index is -1.52. The maximum absolute atomic E-state index is 10.7. The van der Waals surface area contributed by atoms with Crippen molar-refractivity contribution in [2.24, 2.45) is 0 Å². The quantitative estimate of drug-likeness (QED) is 0.731. The van der Waals surface area contributed by atoms with Gasteiger partial charge in [-0.3, -0.25) is 9.59 Å². The van der Waals surface area contributed by atoms with Gasteiger partial charge in [-0.2, -0.15) is 0 Å². The zero-order valence-corrected chi connectivity index (χ0v) is 8.71. The fourth-order valence-electron chi connectivity index (χ4n) is 1.36. The first kappa shape index (κ1) is 12.2. The Bertz CT molecular complexity index is 368. The van der Waals surface area contributed by atoms with E-state index in [9.17, 15) is 9.59 Å². The molecular formula is C11H12O5.